The van der Waals surface area contributed by atoms with Gasteiger partial charge in [0.05, 0.1) is 0 Å². The second kappa shape index (κ2) is 5.75. The van der Waals surface area contributed by atoms with Crippen molar-refractivity contribution in [3.8, 4) is 0 Å². The van der Waals surface area contributed by atoms with Crippen LogP contribution >= 0.6 is 0 Å². The highest BCUT2D eigenvalue weighted by molar-refractivity contribution is 5.95. The molecule has 1 N–H and O–H groups in total. The number of hydrogen-bond donors (Lipinski definition) is 1. The van der Waals surface area contributed by atoms with Gasteiger partial charge in [0.1, 0.15) is 0 Å². The van der Waals surface area contributed by atoms with Crippen molar-refractivity contribution in [3.05, 3.63) is 29.3 Å². The van der Waals surface area contributed by atoms with E-state index in [-0.39, 0.29) is 17.7 Å². The number of anilines is 1. The van der Waals surface area contributed by atoms with Crippen LogP contribution in [0.25, 0.3) is 0 Å². The molecule has 3 fully saturated rings. The molecule has 2 bridgehead atoms. The Morgan fingerprint density at radius 1 is 1.00 bits per heavy atom. The van der Waals surface area contributed by atoms with Crippen LogP contribution in [0.5, 0.6) is 0 Å². The van der Waals surface area contributed by atoms with Crippen LogP contribution in [0.15, 0.2) is 18.2 Å². The molecule has 3 saturated carbocycles. The summed E-state index contributed by atoms with van der Waals surface area (Å²) < 4.78 is 0. The smallest absolute Gasteiger partial charge is 0.228 e. The van der Waals surface area contributed by atoms with Crippen LogP contribution in [-0.2, 0) is 9.59 Å². The maximum atomic E-state index is 12.7. The highest BCUT2D eigenvalue weighted by atomic mass is 16.4. The molecule has 3 aliphatic rings. The maximum Gasteiger partial charge on any atom is 0.228 e. The average Bonchev–Trinajstić information content (AvgIpc) is 2.51. The van der Waals surface area contributed by atoms with Crippen LogP contribution < -0.4 is 10.4 Å². The first-order valence-corrected chi connectivity index (χ1v) is 8.06. The first-order chi connectivity index (χ1) is 10.5. The van der Waals surface area contributed by atoms with Crippen molar-refractivity contribution in [2.75, 3.05) is 5.32 Å². The number of fused-ring (bicyclic) bond motifs is 3. The first kappa shape index (κ1) is 15.1. The Labute approximate surface area is 130 Å². The van der Waals surface area contributed by atoms with Crippen molar-refractivity contribution in [2.45, 2.75) is 39.5 Å². The van der Waals surface area contributed by atoms with E-state index in [1.165, 1.54) is 5.56 Å². The minimum Gasteiger partial charge on any atom is -0.550 e. The summed E-state index contributed by atoms with van der Waals surface area (Å²) in [5, 5.41) is 14.4. The monoisotopic (exact) mass is 300 g/mol. The van der Waals surface area contributed by atoms with Crippen LogP contribution in [0, 0.1) is 37.5 Å². The summed E-state index contributed by atoms with van der Waals surface area (Å²) in [6.07, 6.45) is 3.74. The molecule has 0 heterocycles. The van der Waals surface area contributed by atoms with Gasteiger partial charge in [0.2, 0.25) is 5.91 Å². The lowest BCUT2D eigenvalue weighted by Gasteiger charge is -2.48. The minimum absolute atomic E-state index is 0.102. The second-order valence-electron chi connectivity index (χ2n) is 6.83. The number of carboxylic acids is 1. The molecule has 22 heavy (non-hydrogen) atoms. The normalized spacial score (nSPS) is 30.1. The van der Waals surface area contributed by atoms with Crippen LogP contribution in [0.2, 0.25) is 0 Å². The molecule has 3 aliphatic carbocycles. The lowest BCUT2D eigenvalue weighted by atomic mass is 9.58. The van der Waals surface area contributed by atoms with Gasteiger partial charge < -0.3 is 15.2 Å². The number of carbonyl (C=O) groups is 2. The highest BCUT2D eigenvalue weighted by Crippen LogP contribution is 2.49. The zero-order valence-corrected chi connectivity index (χ0v) is 13.1. The molecule has 0 aromatic heterocycles. The number of nitrogens with one attached hydrogen (secondary N) is 1. The Kier molecular flexibility index (Phi) is 3.94. The molecule has 0 radical (unpaired) electrons. The molecule has 1 amide bonds. The molecular weight excluding hydrogens is 278 g/mol. The lowest BCUT2D eigenvalue weighted by Crippen LogP contribution is -2.52. The number of aryl methyl sites for hydroxylation is 2. The van der Waals surface area contributed by atoms with E-state index in [0.29, 0.717) is 0 Å². The molecule has 4 nitrogen and oxygen atoms in total. The Morgan fingerprint density at radius 2 is 1.59 bits per heavy atom. The third-order valence-corrected chi connectivity index (χ3v) is 5.57. The summed E-state index contributed by atoms with van der Waals surface area (Å²) in [6.45, 7) is 4.02. The number of carbonyl (C=O) groups excluding carboxylic acids is 2. The molecule has 0 unspecified atom stereocenters. The van der Waals surface area contributed by atoms with Crippen molar-refractivity contribution in [1.29, 1.82) is 0 Å². The topological polar surface area (TPSA) is 69.2 Å². The fourth-order valence-corrected chi connectivity index (χ4v) is 4.21. The Hall–Kier alpha value is -1.84. The van der Waals surface area contributed by atoms with Crippen LogP contribution in [0.4, 0.5) is 5.69 Å². The predicted molar refractivity (Wildman–Crippen MR) is 82.0 cm³/mol. The van der Waals surface area contributed by atoms with E-state index in [1.54, 1.807) is 0 Å². The number of rotatable bonds is 3. The first-order valence-electron chi connectivity index (χ1n) is 8.06. The van der Waals surface area contributed by atoms with E-state index < -0.39 is 17.8 Å². The number of carboxylic acid groups (broad SMARTS) is 1. The average molecular weight is 300 g/mol. The van der Waals surface area contributed by atoms with Gasteiger partial charge in [0, 0.05) is 23.5 Å². The van der Waals surface area contributed by atoms with Crippen molar-refractivity contribution in [3.63, 3.8) is 0 Å². The second-order valence-corrected chi connectivity index (χ2v) is 6.83. The summed E-state index contributed by atoms with van der Waals surface area (Å²) in [7, 11) is 0. The molecule has 2 atom stereocenters. The fourth-order valence-electron chi connectivity index (χ4n) is 4.21. The van der Waals surface area contributed by atoms with E-state index in [1.807, 2.05) is 32.0 Å². The van der Waals surface area contributed by atoms with Gasteiger partial charge in [-0.2, -0.15) is 0 Å². The van der Waals surface area contributed by atoms with Gasteiger partial charge in [-0.1, -0.05) is 6.07 Å². The molecule has 0 aliphatic heterocycles. The van der Waals surface area contributed by atoms with Crippen molar-refractivity contribution >= 4 is 17.6 Å². The van der Waals surface area contributed by atoms with E-state index >= 15 is 0 Å². The van der Waals surface area contributed by atoms with E-state index in [2.05, 4.69) is 5.32 Å². The van der Waals surface area contributed by atoms with Crippen LogP contribution in [-0.4, -0.2) is 11.9 Å². The molecular formula is C18H22NO3-. The summed E-state index contributed by atoms with van der Waals surface area (Å²) in [6, 6.07) is 5.77. The van der Waals surface area contributed by atoms with Gasteiger partial charge in [-0.3, -0.25) is 4.79 Å². The van der Waals surface area contributed by atoms with Gasteiger partial charge in [-0.15, -0.1) is 0 Å². The van der Waals surface area contributed by atoms with E-state index in [9.17, 15) is 14.7 Å². The maximum absolute atomic E-state index is 12.7. The van der Waals surface area contributed by atoms with Crippen molar-refractivity contribution in [1.82, 2.24) is 0 Å². The summed E-state index contributed by atoms with van der Waals surface area (Å²) in [5.41, 5.74) is 3.02. The van der Waals surface area contributed by atoms with Gasteiger partial charge in [-0.25, -0.2) is 0 Å². The largest absolute Gasteiger partial charge is 0.550 e. The summed E-state index contributed by atoms with van der Waals surface area (Å²) in [5.74, 6) is -2.01. The third kappa shape index (κ3) is 2.62. The molecule has 1 aromatic rings. The zero-order valence-electron chi connectivity index (χ0n) is 13.1. The Morgan fingerprint density at radius 3 is 2.14 bits per heavy atom. The van der Waals surface area contributed by atoms with Gasteiger partial charge in [0.15, 0.2) is 0 Å². The third-order valence-electron chi connectivity index (χ3n) is 5.57. The fraction of sp³-hybridized carbons (Fsp3) is 0.556. The van der Waals surface area contributed by atoms with Gasteiger partial charge in [0.25, 0.3) is 0 Å². The van der Waals surface area contributed by atoms with Gasteiger partial charge in [-0.05, 0) is 74.6 Å². The van der Waals surface area contributed by atoms with Gasteiger partial charge >= 0.3 is 0 Å². The minimum atomic E-state index is -1.06. The standard InChI is InChI=1S/C18H23NO3/c1-10-3-8-14(9-11(10)2)19-17(20)15-12-4-6-13(7-5-12)16(15)18(21)22/h3,8-9,12-13,15-16H,4-7H2,1-2H3,(H,19,20)(H,21,22)/p-1/t12?,13?,15-,16+/m0/s1. The molecule has 4 heteroatoms. The molecule has 118 valence electrons. The Bertz CT molecular complexity index is 602. The summed E-state index contributed by atoms with van der Waals surface area (Å²) >= 11 is 0. The highest BCUT2D eigenvalue weighted by Gasteiger charge is 2.47. The Balaban J connectivity index is 1.80. The van der Waals surface area contributed by atoms with Crippen molar-refractivity contribution in [2.24, 2.45) is 23.7 Å². The summed E-state index contributed by atoms with van der Waals surface area (Å²) in [4.78, 5) is 24.2. The predicted octanol–water partition coefficient (Wildman–Crippen LogP) is 2.04. The molecule has 1 aromatic carbocycles. The zero-order chi connectivity index (χ0) is 15.9. The lowest BCUT2D eigenvalue weighted by molar-refractivity contribution is -0.318. The van der Waals surface area contributed by atoms with E-state index in [0.717, 1.165) is 36.9 Å². The SMILES string of the molecule is Cc1ccc(NC(=O)[C@H]2C3CCC(CC3)[C@H]2C(=O)[O-])cc1C. The number of hydrogen-bond acceptors (Lipinski definition) is 3. The number of benzene rings is 1. The number of aliphatic carboxylic acids is 1. The number of amides is 1. The van der Waals surface area contributed by atoms with E-state index in [4.69, 9.17) is 0 Å². The molecule has 0 spiro atoms. The van der Waals surface area contributed by atoms with Crippen LogP contribution in [0.3, 0.4) is 0 Å². The molecule has 4 rings (SSSR count). The van der Waals surface area contributed by atoms with Crippen LogP contribution in [0.1, 0.15) is 36.8 Å². The molecule has 0 saturated heterocycles. The quantitative estimate of drug-likeness (QED) is 0.928. The van der Waals surface area contributed by atoms with Crippen molar-refractivity contribution < 1.29 is 14.7 Å².